The van der Waals surface area contributed by atoms with Crippen LogP contribution in [-0.4, -0.2) is 53.2 Å². The van der Waals surface area contributed by atoms with Crippen molar-refractivity contribution in [2.24, 2.45) is 0 Å². The van der Waals surface area contributed by atoms with Crippen LogP contribution in [0.2, 0.25) is 0 Å². The van der Waals surface area contributed by atoms with Crippen molar-refractivity contribution < 1.29 is 27.5 Å². The number of nitrogens with zero attached hydrogens (tertiary/aromatic N) is 4. The molecule has 1 N–H and O–H groups in total. The summed E-state index contributed by atoms with van der Waals surface area (Å²) < 4.78 is 38.9. The first-order valence-corrected chi connectivity index (χ1v) is 16.7. The van der Waals surface area contributed by atoms with Crippen molar-refractivity contribution in [2.75, 3.05) is 11.4 Å². The number of hydrogen-bond donors (Lipinski definition) is 1. The van der Waals surface area contributed by atoms with Gasteiger partial charge in [-0.25, -0.2) is 28.2 Å². The molecule has 0 aliphatic carbocycles. The number of thiazole rings is 1. The molecule has 4 aromatic rings. The fourth-order valence-corrected chi connectivity index (χ4v) is 6.19. The molecular formula is C32H37N5O6S2. The van der Waals surface area contributed by atoms with E-state index in [0.29, 0.717) is 0 Å². The third kappa shape index (κ3) is 9.40. The number of sulfone groups is 1. The van der Waals surface area contributed by atoms with Crippen LogP contribution in [0.4, 0.5) is 10.6 Å². The number of pyridine rings is 2. The number of esters is 1. The van der Waals surface area contributed by atoms with Crippen molar-refractivity contribution in [1.29, 1.82) is 0 Å². The standard InChI is InChI=1S/C32H37N5O6S2/c1-31(2,3)42-28(38)19-37(30(39)43-32(4,5)6)26-11-9-10-24(36-26)29(45(40,41)27-12-7-8-17-33-27)34-18-22-13-15-23(16-14-22)25-20-44-21-35-25/h7-17,20-21,29,34H,18-19H2,1-6H3. The Morgan fingerprint density at radius 1 is 0.911 bits per heavy atom. The Morgan fingerprint density at radius 3 is 2.22 bits per heavy atom. The fourth-order valence-electron chi connectivity index (χ4n) is 4.16. The van der Waals surface area contributed by atoms with Gasteiger partial charge in [0.05, 0.1) is 16.9 Å². The third-order valence-electron chi connectivity index (χ3n) is 6.04. The highest BCUT2D eigenvalue weighted by atomic mass is 32.2. The second-order valence-electron chi connectivity index (χ2n) is 12.1. The summed E-state index contributed by atoms with van der Waals surface area (Å²) in [5, 5.41) is 3.57. The average Bonchev–Trinajstić information content (AvgIpc) is 3.50. The van der Waals surface area contributed by atoms with E-state index in [1.807, 2.05) is 29.6 Å². The Labute approximate surface area is 267 Å². The molecule has 11 nitrogen and oxygen atoms in total. The minimum atomic E-state index is -4.13. The second-order valence-corrected chi connectivity index (χ2v) is 14.8. The normalized spacial score (nSPS) is 12.8. The molecule has 1 amide bonds. The summed E-state index contributed by atoms with van der Waals surface area (Å²) in [5.41, 5.74) is 2.81. The van der Waals surface area contributed by atoms with E-state index in [9.17, 15) is 18.0 Å². The lowest BCUT2D eigenvalue weighted by Crippen LogP contribution is -2.42. The summed E-state index contributed by atoms with van der Waals surface area (Å²) in [6.07, 6.45) is 0.561. The molecule has 0 bridgehead atoms. The van der Waals surface area contributed by atoms with Crippen molar-refractivity contribution in [1.82, 2.24) is 20.3 Å². The van der Waals surface area contributed by atoms with Gasteiger partial charge in [0, 0.05) is 23.7 Å². The molecule has 0 saturated carbocycles. The molecule has 0 radical (unpaired) electrons. The zero-order valence-corrected chi connectivity index (χ0v) is 27.7. The highest BCUT2D eigenvalue weighted by Gasteiger charge is 2.33. The van der Waals surface area contributed by atoms with Gasteiger partial charge in [-0.2, -0.15) is 0 Å². The van der Waals surface area contributed by atoms with Gasteiger partial charge in [0.2, 0.25) is 9.84 Å². The van der Waals surface area contributed by atoms with E-state index < -0.39 is 45.0 Å². The average molecular weight is 652 g/mol. The molecule has 0 saturated heterocycles. The van der Waals surface area contributed by atoms with Gasteiger partial charge in [-0.15, -0.1) is 11.3 Å². The molecule has 1 unspecified atom stereocenters. The van der Waals surface area contributed by atoms with Gasteiger partial charge >= 0.3 is 12.1 Å². The van der Waals surface area contributed by atoms with Crippen LogP contribution in [-0.2, 0) is 30.7 Å². The molecule has 1 atom stereocenters. The van der Waals surface area contributed by atoms with Crippen LogP contribution in [0.1, 0.15) is 58.2 Å². The Kier molecular flexibility index (Phi) is 10.4. The Balaban J connectivity index is 1.69. The van der Waals surface area contributed by atoms with Gasteiger partial charge < -0.3 is 9.47 Å². The molecule has 0 spiro atoms. The Hall–Kier alpha value is -4.20. The lowest BCUT2D eigenvalue weighted by atomic mass is 10.1. The van der Waals surface area contributed by atoms with Crippen LogP contribution in [0, 0.1) is 0 Å². The van der Waals surface area contributed by atoms with E-state index >= 15 is 0 Å². The maximum absolute atomic E-state index is 13.9. The maximum atomic E-state index is 13.9. The number of carbonyl (C=O) groups is 2. The highest BCUT2D eigenvalue weighted by Crippen LogP contribution is 2.28. The van der Waals surface area contributed by atoms with Crippen molar-refractivity contribution in [3.05, 3.63) is 89.0 Å². The van der Waals surface area contributed by atoms with E-state index in [0.717, 1.165) is 21.7 Å². The van der Waals surface area contributed by atoms with Gasteiger partial charge in [-0.05, 0) is 71.4 Å². The SMILES string of the molecule is CC(C)(C)OC(=O)CN(C(=O)OC(C)(C)C)c1cccc(C(NCc2ccc(-c3cscn3)cc2)S(=O)(=O)c2ccccn2)n1. The third-order valence-corrected chi connectivity index (χ3v) is 8.48. The van der Waals surface area contributed by atoms with E-state index in [1.165, 1.54) is 35.7 Å². The quantitative estimate of drug-likeness (QED) is 0.205. The number of anilines is 1. The van der Waals surface area contributed by atoms with Gasteiger partial charge in [-0.1, -0.05) is 36.4 Å². The molecule has 3 aromatic heterocycles. The molecule has 13 heteroatoms. The van der Waals surface area contributed by atoms with Crippen LogP contribution >= 0.6 is 11.3 Å². The lowest BCUT2D eigenvalue weighted by molar-refractivity contribution is -0.153. The first-order valence-electron chi connectivity index (χ1n) is 14.2. The Morgan fingerprint density at radius 2 is 1.62 bits per heavy atom. The molecule has 0 aliphatic heterocycles. The molecule has 4 rings (SSSR count). The van der Waals surface area contributed by atoms with E-state index in [1.54, 1.807) is 65.3 Å². The van der Waals surface area contributed by atoms with E-state index in [-0.39, 0.29) is 23.1 Å². The van der Waals surface area contributed by atoms with Crippen molar-refractivity contribution in [2.45, 2.75) is 69.7 Å². The number of benzene rings is 1. The van der Waals surface area contributed by atoms with Crippen LogP contribution in [0.5, 0.6) is 0 Å². The topological polar surface area (TPSA) is 141 Å². The maximum Gasteiger partial charge on any atom is 0.416 e. The van der Waals surface area contributed by atoms with Gasteiger partial charge in [0.1, 0.15) is 23.6 Å². The van der Waals surface area contributed by atoms with E-state index in [2.05, 4.69) is 20.3 Å². The molecule has 3 heterocycles. The molecule has 0 aliphatic rings. The predicted molar refractivity (Wildman–Crippen MR) is 172 cm³/mol. The van der Waals surface area contributed by atoms with Crippen LogP contribution < -0.4 is 10.2 Å². The largest absolute Gasteiger partial charge is 0.459 e. The van der Waals surface area contributed by atoms with Gasteiger partial charge in [-0.3, -0.25) is 15.0 Å². The summed E-state index contributed by atoms with van der Waals surface area (Å²) in [4.78, 5) is 40.1. The smallest absolute Gasteiger partial charge is 0.416 e. The molecular weight excluding hydrogens is 615 g/mol. The fraction of sp³-hybridized carbons (Fsp3) is 0.344. The number of ether oxygens (including phenoxy) is 2. The minimum absolute atomic E-state index is 0.0169. The number of amides is 1. The summed E-state index contributed by atoms with van der Waals surface area (Å²) in [5.74, 6) is -0.666. The molecule has 45 heavy (non-hydrogen) atoms. The molecule has 1 aromatic carbocycles. The number of carbonyl (C=O) groups excluding carboxylic acids is 2. The molecule has 238 valence electrons. The number of aromatic nitrogens is 3. The zero-order chi connectivity index (χ0) is 32.8. The van der Waals surface area contributed by atoms with Crippen LogP contribution in [0.15, 0.2) is 82.8 Å². The first kappa shape index (κ1) is 33.7. The summed E-state index contributed by atoms with van der Waals surface area (Å²) in [6.45, 7) is 9.91. The number of hydrogen-bond acceptors (Lipinski definition) is 11. The van der Waals surface area contributed by atoms with Crippen LogP contribution in [0.3, 0.4) is 0 Å². The first-order chi connectivity index (χ1) is 21.1. The highest BCUT2D eigenvalue weighted by molar-refractivity contribution is 7.91. The summed E-state index contributed by atoms with van der Waals surface area (Å²) in [7, 11) is -4.13. The van der Waals surface area contributed by atoms with Gasteiger partial charge in [0.15, 0.2) is 10.4 Å². The van der Waals surface area contributed by atoms with Crippen molar-refractivity contribution in [3.8, 4) is 11.3 Å². The number of rotatable bonds is 10. The predicted octanol–water partition coefficient (Wildman–Crippen LogP) is 5.95. The van der Waals surface area contributed by atoms with E-state index in [4.69, 9.17) is 9.47 Å². The second kappa shape index (κ2) is 13.8. The van der Waals surface area contributed by atoms with Gasteiger partial charge in [0.25, 0.3) is 0 Å². The lowest BCUT2D eigenvalue weighted by Gasteiger charge is -2.28. The van der Waals surface area contributed by atoms with Crippen LogP contribution in [0.25, 0.3) is 11.3 Å². The summed E-state index contributed by atoms with van der Waals surface area (Å²) in [6, 6.07) is 16.8. The zero-order valence-electron chi connectivity index (χ0n) is 26.1. The minimum Gasteiger partial charge on any atom is -0.459 e. The Bertz CT molecular complexity index is 1700. The summed E-state index contributed by atoms with van der Waals surface area (Å²) >= 11 is 1.50. The molecule has 0 fully saturated rings. The van der Waals surface area contributed by atoms with Crippen molar-refractivity contribution in [3.63, 3.8) is 0 Å². The van der Waals surface area contributed by atoms with Crippen molar-refractivity contribution >= 4 is 39.1 Å². The number of nitrogens with one attached hydrogen (secondary N) is 1. The monoisotopic (exact) mass is 651 g/mol.